The molecule has 0 aromatic heterocycles. The lowest BCUT2D eigenvalue weighted by Crippen LogP contribution is -1.88. The molecule has 3 heteroatoms. The number of rotatable bonds is 2. The maximum atomic E-state index is 9.53. The van der Waals surface area contributed by atoms with Gasteiger partial charge in [-0.05, 0) is 5.54 Å². The molecule has 0 saturated heterocycles. The predicted octanol–water partition coefficient (Wildman–Crippen LogP) is 2.97. The minimum Gasteiger partial charge on any atom is -0.481 e. The highest BCUT2D eigenvalue weighted by atomic mass is 35.5. The number of carbonyl (C=O) groups is 1. The van der Waals surface area contributed by atoms with Crippen LogP contribution in [0.5, 0.6) is 0 Å². The number of hydrogen-bond acceptors (Lipinski definition) is 1. The minimum absolute atomic E-state index is 0.0556. The zero-order valence-electron chi connectivity index (χ0n) is 6.92. The van der Waals surface area contributed by atoms with Crippen molar-refractivity contribution in [3.05, 3.63) is 43.7 Å². The van der Waals surface area contributed by atoms with Crippen molar-refractivity contribution >= 4 is 17.6 Å². The van der Waals surface area contributed by atoms with E-state index in [4.69, 9.17) is 16.7 Å². The Balaban J connectivity index is -0.000000115. The highest BCUT2D eigenvalue weighted by molar-refractivity contribution is 6.25. The lowest BCUT2D eigenvalue weighted by molar-refractivity contribution is -0.135. The average molecular weight is 189 g/mol. The van der Waals surface area contributed by atoms with Gasteiger partial charge in [0, 0.05) is 0 Å². The first-order valence-corrected chi connectivity index (χ1v) is 3.37. The van der Waals surface area contributed by atoms with Crippen LogP contribution < -0.4 is 0 Å². The smallest absolute Gasteiger partial charge is 0.307 e. The monoisotopic (exact) mass is 188 g/mol. The second kappa shape index (κ2) is 22.6. The first kappa shape index (κ1) is 17.0. The first-order valence-electron chi connectivity index (χ1n) is 2.93. The minimum atomic E-state index is -0.829. The van der Waals surface area contributed by atoms with Gasteiger partial charge in [0.1, 0.15) is 0 Å². The third-order valence-corrected chi connectivity index (χ3v) is 0.319. The van der Waals surface area contributed by atoms with E-state index in [0.717, 1.165) is 0 Å². The number of carboxylic acids is 1. The van der Waals surface area contributed by atoms with Crippen molar-refractivity contribution in [3.63, 3.8) is 0 Å². The van der Waals surface area contributed by atoms with E-state index in [0.29, 0.717) is 0 Å². The third-order valence-electron chi connectivity index (χ3n) is 0.319. The van der Waals surface area contributed by atoms with E-state index in [9.17, 15) is 4.79 Å². The Hall–Kier alpha value is -1.24. The summed E-state index contributed by atoms with van der Waals surface area (Å²) in [5.74, 6) is -0.829. The zero-order valence-corrected chi connectivity index (χ0v) is 7.68. The number of halogens is 1. The standard InChI is InChI=1S/C4H6O2.C3H4.C2H3Cl/c1-2-3-4(5)6;1-3-2;1-2-3/h2H,1,3H2,(H,5,6);1-2H2;2H,1H2. The quantitative estimate of drug-likeness (QED) is 0.535. The molecule has 0 amide bonds. The van der Waals surface area contributed by atoms with Gasteiger partial charge in [-0.15, -0.1) is 12.3 Å². The molecule has 0 spiro atoms. The molecule has 0 radical (unpaired) electrons. The Bertz CT molecular complexity index is 156. The van der Waals surface area contributed by atoms with Crippen LogP contribution in [0.2, 0.25) is 0 Å². The van der Waals surface area contributed by atoms with Crippen LogP contribution in [0.25, 0.3) is 0 Å². The van der Waals surface area contributed by atoms with Crippen molar-refractivity contribution in [2.45, 2.75) is 6.42 Å². The van der Waals surface area contributed by atoms with E-state index in [-0.39, 0.29) is 6.42 Å². The third kappa shape index (κ3) is 170. The Morgan fingerprint density at radius 1 is 1.50 bits per heavy atom. The van der Waals surface area contributed by atoms with Crippen molar-refractivity contribution in [3.8, 4) is 0 Å². The van der Waals surface area contributed by atoms with Crippen LogP contribution in [0.3, 0.4) is 0 Å². The molecule has 0 aliphatic rings. The van der Waals surface area contributed by atoms with Gasteiger partial charge in [0.2, 0.25) is 0 Å². The Morgan fingerprint density at radius 3 is 1.75 bits per heavy atom. The van der Waals surface area contributed by atoms with Crippen molar-refractivity contribution in [1.29, 1.82) is 0 Å². The molecule has 2 nitrogen and oxygen atoms in total. The van der Waals surface area contributed by atoms with Crippen LogP contribution in [0.4, 0.5) is 0 Å². The summed E-state index contributed by atoms with van der Waals surface area (Å²) in [6, 6.07) is 0. The molecule has 0 aromatic rings. The van der Waals surface area contributed by atoms with Crippen LogP contribution >= 0.6 is 11.6 Å². The summed E-state index contributed by atoms with van der Waals surface area (Å²) in [4.78, 5) is 9.53. The van der Waals surface area contributed by atoms with Gasteiger partial charge in [0.05, 0.1) is 6.42 Å². The fourth-order valence-corrected chi connectivity index (χ4v) is 0.123. The first-order chi connectivity index (χ1) is 5.60. The maximum Gasteiger partial charge on any atom is 0.307 e. The summed E-state index contributed by atoms with van der Waals surface area (Å²) >= 11 is 4.76. The van der Waals surface area contributed by atoms with Gasteiger partial charge in [0.25, 0.3) is 0 Å². The van der Waals surface area contributed by atoms with E-state index in [2.05, 4.69) is 32.0 Å². The van der Waals surface area contributed by atoms with Gasteiger partial charge in [-0.2, -0.15) is 0 Å². The number of hydrogen-bond donors (Lipinski definition) is 1. The van der Waals surface area contributed by atoms with Gasteiger partial charge in [0.15, 0.2) is 0 Å². The molecule has 0 saturated carbocycles. The fourth-order valence-electron chi connectivity index (χ4n) is 0.123. The summed E-state index contributed by atoms with van der Waals surface area (Å²) in [7, 11) is 0. The van der Waals surface area contributed by atoms with Crippen LogP contribution in [-0.2, 0) is 4.79 Å². The van der Waals surface area contributed by atoms with Gasteiger partial charge >= 0.3 is 5.97 Å². The summed E-state index contributed by atoms with van der Waals surface area (Å²) in [5, 5.41) is 7.84. The van der Waals surface area contributed by atoms with Crippen molar-refractivity contribution in [2.75, 3.05) is 0 Å². The lowest BCUT2D eigenvalue weighted by atomic mass is 10.4. The molecule has 0 bridgehead atoms. The van der Waals surface area contributed by atoms with Gasteiger partial charge in [-0.1, -0.05) is 37.4 Å². The molecule has 0 atom stereocenters. The Kier molecular flexibility index (Phi) is 32.0. The molecule has 0 aliphatic heterocycles. The van der Waals surface area contributed by atoms with Gasteiger partial charge in [-0.25, -0.2) is 0 Å². The summed E-state index contributed by atoms with van der Waals surface area (Å²) in [5.41, 5.74) is 3.47. The summed E-state index contributed by atoms with van der Waals surface area (Å²) in [6.07, 6.45) is 1.41. The molecule has 0 unspecified atom stereocenters. The second-order valence-corrected chi connectivity index (χ2v) is 1.60. The molecule has 68 valence electrons. The number of aliphatic carboxylic acids is 1. The van der Waals surface area contributed by atoms with Crippen LogP contribution in [0, 0.1) is 0 Å². The topological polar surface area (TPSA) is 37.3 Å². The van der Waals surface area contributed by atoms with E-state index >= 15 is 0 Å². The van der Waals surface area contributed by atoms with E-state index in [1.807, 2.05) is 0 Å². The molecular weight excluding hydrogens is 176 g/mol. The Morgan fingerprint density at radius 2 is 1.75 bits per heavy atom. The van der Waals surface area contributed by atoms with E-state index in [1.165, 1.54) is 11.6 Å². The van der Waals surface area contributed by atoms with Crippen LogP contribution in [-0.4, -0.2) is 11.1 Å². The van der Waals surface area contributed by atoms with Crippen LogP contribution in [0.15, 0.2) is 43.7 Å². The van der Waals surface area contributed by atoms with Crippen molar-refractivity contribution in [2.24, 2.45) is 0 Å². The molecule has 1 N–H and O–H groups in total. The average Bonchev–Trinajstić information content (AvgIpc) is 1.89. The fraction of sp³-hybridized carbons (Fsp3) is 0.111. The van der Waals surface area contributed by atoms with Crippen molar-refractivity contribution < 1.29 is 9.90 Å². The summed E-state index contributed by atoms with van der Waals surface area (Å²) < 4.78 is 0. The maximum absolute atomic E-state index is 9.53. The second-order valence-electron chi connectivity index (χ2n) is 1.29. The molecule has 12 heavy (non-hydrogen) atoms. The largest absolute Gasteiger partial charge is 0.481 e. The van der Waals surface area contributed by atoms with Gasteiger partial charge in [-0.3, -0.25) is 4.79 Å². The molecule has 0 heterocycles. The van der Waals surface area contributed by atoms with Gasteiger partial charge < -0.3 is 5.11 Å². The van der Waals surface area contributed by atoms with Crippen molar-refractivity contribution in [1.82, 2.24) is 0 Å². The zero-order chi connectivity index (χ0) is 10.4. The summed E-state index contributed by atoms with van der Waals surface area (Å²) in [6.45, 7) is 12.6. The molecule has 0 rings (SSSR count). The van der Waals surface area contributed by atoms with E-state index in [1.54, 1.807) is 0 Å². The van der Waals surface area contributed by atoms with Crippen LogP contribution in [0.1, 0.15) is 6.42 Å². The molecular formula is C9H13ClO2. The SMILES string of the molecule is C=C=C.C=CCC(=O)O.C=CCl. The molecule has 0 aliphatic carbocycles. The molecule has 0 fully saturated rings. The van der Waals surface area contributed by atoms with E-state index < -0.39 is 5.97 Å². The highest BCUT2D eigenvalue weighted by Crippen LogP contribution is 1.74. The highest BCUT2D eigenvalue weighted by Gasteiger charge is 1.84. The number of carboxylic acid groups (broad SMARTS) is 1. The predicted molar refractivity (Wildman–Crippen MR) is 53.3 cm³/mol. The lowest BCUT2D eigenvalue weighted by Gasteiger charge is -1.75. The molecule has 0 aromatic carbocycles. The normalized spacial score (nSPS) is 5.42. The Labute approximate surface area is 78.2 Å².